The average molecular weight is 420 g/mol. The van der Waals surface area contributed by atoms with Gasteiger partial charge in [-0.2, -0.15) is 5.10 Å². The van der Waals surface area contributed by atoms with Crippen LogP contribution in [-0.4, -0.2) is 34.2 Å². The summed E-state index contributed by atoms with van der Waals surface area (Å²) >= 11 is 0. The summed E-state index contributed by atoms with van der Waals surface area (Å²) in [6, 6.07) is 20.5. The van der Waals surface area contributed by atoms with E-state index in [0.29, 0.717) is 6.54 Å². The second-order valence-electron chi connectivity index (χ2n) is 8.55. The fourth-order valence-electron chi connectivity index (χ4n) is 3.14. The molecule has 0 fully saturated rings. The van der Waals surface area contributed by atoms with Crippen LogP contribution in [0.4, 0.5) is 0 Å². The van der Waals surface area contributed by atoms with E-state index >= 15 is 0 Å². The summed E-state index contributed by atoms with van der Waals surface area (Å²) in [5.74, 6) is 0.484. The zero-order valence-corrected chi connectivity index (χ0v) is 18.5. The van der Waals surface area contributed by atoms with Crippen molar-refractivity contribution in [3.05, 3.63) is 93.9 Å². The molecule has 0 aliphatic rings. The molecule has 0 spiro atoms. The van der Waals surface area contributed by atoms with Gasteiger partial charge in [-0.3, -0.25) is 9.59 Å². The van der Waals surface area contributed by atoms with Gasteiger partial charge in [-0.15, -0.1) is 0 Å². The minimum Gasteiger partial charge on any atom is -0.492 e. The van der Waals surface area contributed by atoms with Crippen molar-refractivity contribution in [3.63, 3.8) is 0 Å². The molecule has 0 atom stereocenters. The van der Waals surface area contributed by atoms with Crippen molar-refractivity contribution in [2.75, 3.05) is 13.7 Å². The molecule has 1 heterocycles. The number of para-hydroxylation sites is 1. The van der Waals surface area contributed by atoms with E-state index in [2.05, 4.69) is 38.0 Å². The van der Waals surface area contributed by atoms with Crippen molar-refractivity contribution in [1.29, 1.82) is 0 Å². The first kappa shape index (κ1) is 22.3. The lowest BCUT2D eigenvalue weighted by atomic mass is 9.87. The Kier molecular flexibility index (Phi) is 6.90. The third-order valence-corrected chi connectivity index (χ3v) is 4.99. The average Bonchev–Trinajstić information content (AvgIpc) is 2.75. The van der Waals surface area contributed by atoms with E-state index in [4.69, 9.17) is 4.74 Å². The van der Waals surface area contributed by atoms with Crippen LogP contribution in [0.25, 0.3) is 0 Å². The maximum atomic E-state index is 12.9. The Hall–Kier alpha value is -3.41. The van der Waals surface area contributed by atoms with Gasteiger partial charge in [0, 0.05) is 19.7 Å². The Labute approximate surface area is 183 Å². The molecule has 0 bridgehead atoms. The number of ether oxygens (including phenoxy) is 1. The minimum absolute atomic E-state index is 0.0854. The molecule has 0 saturated carbocycles. The normalized spacial score (nSPS) is 11.2. The van der Waals surface area contributed by atoms with E-state index in [1.807, 2.05) is 42.5 Å². The summed E-state index contributed by atoms with van der Waals surface area (Å²) < 4.78 is 6.90. The first-order valence-electron chi connectivity index (χ1n) is 10.3. The van der Waals surface area contributed by atoms with Crippen molar-refractivity contribution in [3.8, 4) is 5.75 Å². The van der Waals surface area contributed by atoms with Crippen LogP contribution in [0, 0.1) is 0 Å². The third-order valence-electron chi connectivity index (χ3n) is 4.99. The zero-order chi connectivity index (χ0) is 22.4. The van der Waals surface area contributed by atoms with Crippen molar-refractivity contribution in [1.82, 2.24) is 14.7 Å². The molecule has 162 valence electrons. The Bertz CT molecular complexity index is 1070. The lowest BCUT2D eigenvalue weighted by Gasteiger charge is -2.21. The van der Waals surface area contributed by atoms with Crippen LogP contribution in [0.15, 0.2) is 71.5 Å². The highest BCUT2D eigenvalue weighted by Gasteiger charge is 2.17. The van der Waals surface area contributed by atoms with Crippen molar-refractivity contribution >= 4 is 5.91 Å². The van der Waals surface area contributed by atoms with Gasteiger partial charge in [0.2, 0.25) is 0 Å². The Morgan fingerprint density at radius 1 is 1.00 bits per heavy atom. The maximum Gasteiger partial charge on any atom is 0.274 e. The molecule has 2 aromatic carbocycles. The lowest BCUT2D eigenvalue weighted by Crippen LogP contribution is -2.31. The molecule has 1 amide bonds. The lowest BCUT2D eigenvalue weighted by molar-refractivity contribution is 0.0776. The number of carbonyl (C=O) groups excluding carboxylic acids is 1. The van der Waals surface area contributed by atoms with Crippen LogP contribution in [0.3, 0.4) is 0 Å². The Morgan fingerprint density at radius 2 is 1.68 bits per heavy atom. The molecule has 6 nitrogen and oxygen atoms in total. The highest BCUT2D eigenvalue weighted by atomic mass is 16.5. The second kappa shape index (κ2) is 9.60. The summed E-state index contributed by atoms with van der Waals surface area (Å²) in [6.45, 7) is 7.51. The highest BCUT2D eigenvalue weighted by molar-refractivity contribution is 5.91. The van der Waals surface area contributed by atoms with Crippen LogP contribution in [0.2, 0.25) is 0 Å². The summed E-state index contributed by atoms with van der Waals surface area (Å²) in [5, 5.41) is 4.25. The van der Waals surface area contributed by atoms with Gasteiger partial charge in [-0.05, 0) is 34.7 Å². The summed E-state index contributed by atoms with van der Waals surface area (Å²) in [7, 11) is 1.73. The summed E-state index contributed by atoms with van der Waals surface area (Å²) in [4.78, 5) is 26.6. The highest BCUT2D eigenvalue weighted by Crippen LogP contribution is 2.22. The van der Waals surface area contributed by atoms with Crippen LogP contribution in [-0.2, 0) is 18.5 Å². The molecule has 6 heteroatoms. The van der Waals surface area contributed by atoms with Crippen LogP contribution in [0.5, 0.6) is 5.75 Å². The summed E-state index contributed by atoms with van der Waals surface area (Å²) in [6.07, 6.45) is 0. The van der Waals surface area contributed by atoms with E-state index in [0.717, 1.165) is 11.3 Å². The fraction of sp³-hybridized carbons (Fsp3) is 0.320. The van der Waals surface area contributed by atoms with Crippen molar-refractivity contribution in [2.45, 2.75) is 39.3 Å². The molecule has 3 rings (SSSR count). The predicted octanol–water partition coefficient (Wildman–Crippen LogP) is 3.89. The number of rotatable bonds is 7. The van der Waals surface area contributed by atoms with Gasteiger partial charge in [0.05, 0.1) is 6.54 Å². The van der Waals surface area contributed by atoms with Gasteiger partial charge in [0.25, 0.3) is 11.5 Å². The van der Waals surface area contributed by atoms with Gasteiger partial charge in [0.1, 0.15) is 18.1 Å². The number of amides is 1. The van der Waals surface area contributed by atoms with Gasteiger partial charge >= 0.3 is 0 Å². The maximum absolute atomic E-state index is 12.9. The minimum atomic E-state index is -0.270. The third kappa shape index (κ3) is 6.04. The fourth-order valence-corrected chi connectivity index (χ4v) is 3.14. The molecule has 0 aliphatic carbocycles. The van der Waals surface area contributed by atoms with Gasteiger partial charge in [-0.1, -0.05) is 63.2 Å². The first-order chi connectivity index (χ1) is 14.7. The molecule has 0 N–H and O–H groups in total. The second-order valence-corrected chi connectivity index (χ2v) is 8.55. The van der Waals surface area contributed by atoms with E-state index in [1.165, 1.54) is 22.4 Å². The molecule has 31 heavy (non-hydrogen) atoms. The van der Waals surface area contributed by atoms with E-state index in [1.54, 1.807) is 11.9 Å². The topological polar surface area (TPSA) is 64.4 Å². The predicted molar refractivity (Wildman–Crippen MR) is 121 cm³/mol. The van der Waals surface area contributed by atoms with Crippen LogP contribution < -0.4 is 10.3 Å². The first-order valence-corrected chi connectivity index (χ1v) is 10.3. The summed E-state index contributed by atoms with van der Waals surface area (Å²) in [5.41, 5.74) is 2.33. The monoisotopic (exact) mass is 419 g/mol. The molecule has 0 aliphatic heterocycles. The van der Waals surface area contributed by atoms with Gasteiger partial charge < -0.3 is 9.64 Å². The van der Waals surface area contributed by atoms with E-state index < -0.39 is 0 Å². The van der Waals surface area contributed by atoms with Crippen LogP contribution >= 0.6 is 0 Å². The Morgan fingerprint density at radius 3 is 2.32 bits per heavy atom. The van der Waals surface area contributed by atoms with Gasteiger partial charge in [-0.25, -0.2) is 4.68 Å². The van der Waals surface area contributed by atoms with E-state index in [-0.39, 0.29) is 35.7 Å². The van der Waals surface area contributed by atoms with E-state index in [9.17, 15) is 9.59 Å². The number of benzene rings is 2. The molecular formula is C25H29N3O3. The smallest absolute Gasteiger partial charge is 0.274 e. The number of nitrogens with zero attached hydrogens (tertiary/aromatic N) is 3. The molecular weight excluding hydrogens is 390 g/mol. The van der Waals surface area contributed by atoms with Gasteiger partial charge in [0.15, 0.2) is 0 Å². The number of hydrogen-bond acceptors (Lipinski definition) is 4. The molecule has 0 unspecified atom stereocenters. The number of carbonyl (C=O) groups is 1. The Balaban J connectivity index is 1.64. The molecule has 0 radical (unpaired) electrons. The van der Waals surface area contributed by atoms with Crippen molar-refractivity contribution in [2.24, 2.45) is 0 Å². The number of aromatic nitrogens is 2. The largest absolute Gasteiger partial charge is 0.492 e. The molecule has 3 aromatic rings. The molecule has 0 saturated heterocycles. The van der Waals surface area contributed by atoms with Crippen molar-refractivity contribution < 1.29 is 9.53 Å². The zero-order valence-electron chi connectivity index (χ0n) is 18.5. The number of hydrogen-bond donors (Lipinski definition) is 0. The quantitative estimate of drug-likeness (QED) is 0.583. The SMILES string of the molecule is CN(Cc1ccc(C(C)(C)C)cc1)C(=O)c1ccc(=O)n(CCOc2ccccc2)n1. The van der Waals surface area contributed by atoms with Crippen LogP contribution in [0.1, 0.15) is 42.4 Å². The molecule has 1 aromatic heterocycles. The standard InChI is InChI=1S/C25H29N3O3/c1-25(2,3)20-12-10-19(11-13-20)18-27(4)24(30)22-14-15-23(29)28(26-22)16-17-31-21-8-6-5-7-9-21/h5-15H,16-18H2,1-4H3.